The zero-order valence-corrected chi connectivity index (χ0v) is 8.74. The molecule has 80 valence electrons. The van der Waals surface area contributed by atoms with Crippen molar-refractivity contribution in [2.75, 3.05) is 26.4 Å². The molecule has 1 aliphatic rings. The summed E-state index contributed by atoms with van der Waals surface area (Å²) in [6, 6.07) is 10.4. The first-order chi connectivity index (χ1) is 7.42. The summed E-state index contributed by atoms with van der Waals surface area (Å²) < 4.78 is 2.27. The van der Waals surface area contributed by atoms with Gasteiger partial charge in [0.25, 0.3) is 5.84 Å². The van der Waals surface area contributed by atoms with E-state index in [1.807, 2.05) is 6.07 Å². The van der Waals surface area contributed by atoms with Crippen molar-refractivity contribution in [1.29, 1.82) is 0 Å². The van der Waals surface area contributed by atoms with Gasteiger partial charge in [-0.3, -0.25) is 10.6 Å². The number of nitrogens with zero attached hydrogens (tertiary/aromatic N) is 1. The molecular weight excluding hydrogens is 188 g/mol. The minimum atomic E-state index is 0.512. The van der Waals surface area contributed by atoms with Crippen LogP contribution in [0, 0.1) is 0 Å². The Morgan fingerprint density at radius 3 is 2.87 bits per heavy atom. The first kappa shape index (κ1) is 10.1. The molecule has 0 aromatic heterocycles. The molecular formula is C11H17N4+. The molecule has 1 heterocycles. The Balaban J connectivity index is 2.18. The van der Waals surface area contributed by atoms with Crippen LogP contribution in [0.2, 0.25) is 0 Å². The third kappa shape index (κ3) is 2.34. The Kier molecular flexibility index (Phi) is 3.32. The van der Waals surface area contributed by atoms with Crippen molar-refractivity contribution in [3.8, 4) is 0 Å². The smallest absolute Gasteiger partial charge is 0.278 e. The van der Waals surface area contributed by atoms with E-state index in [0.717, 1.165) is 19.8 Å². The van der Waals surface area contributed by atoms with Gasteiger partial charge in [0, 0.05) is 6.67 Å². The van der Waals surface area contributed by atoms with Gasteiger partial charge in [-0.2, -0.15) is 0 Å². The Labute approximate surface area is 89.8 Å². The lowest BCUT2D eigenvalue weighted by atomic mass is 10.2. The maximum absolute atomic E-state index is 5.42. The van der Waals surface area contributed by atoms with Crippen LogP contribution >= 0.6 is 0 Å². The van der Waals surface area contributed by atoms with Crippen LogP contribution in [-0.2, 0) is 0 Å². The van der Waals surface area contributed by atoms with Gasteiger partial charge in [-0.15, -0.1) is 0 Å². The van der Waals surface area contributed by atoms with Gasteiger partial charge >= 0.3 is 0 Å². The number of amidine groups is 1. The number of nitrogens with two attached hydrogens (primary N) is 1. The van der Waals surface area contributed by atoms with Gasteiger partial charge in [0.2, 0.25) is 0 Å². The van der Waals surface area contributed by atoms with E-state index in [0.29, 0.717) is 6.67 Å². The molecule has 1 aromatic carbocycles. The van der Waals surface area contributed by atoms with Gasteiger partial charge in [0.15, 0.2) is 0 Å². The zero-order valence-electron chi connectivity index (χ0n) is 8.74. The van der Waals surface area contributed by atoms with Crippen molar-refractivity contribution < 1.29 is 4.58 Å². The zero-order chi connectivity index (χ0) is 10.5. The van der Waals surface area contributed by atoms with E-state index in [4.69, 9.17) is 5.73 Å². The molecule has 1 aliphatic heterocycles. The molecule has 15 heavy (non-hydrogen) atoms. The third-order valence-electron chi connectivity index (χ3n) is 2.48. The number of benzene rings is 1. The molecule has 4 N–H and O–H groups in total. The van der Waals surface area contributed by atoms with Gasteiger partial charge in [-0.1, -0.05) is 18.2 Å². The molecule has 0 amide bonds. The molecule has 0 saturated carbocycles. The molecule has 0 spiro atoms. The number of hydrogen-bond acceptors (Lipinski definition) is 3. The van der Waals surface area contributed by atoms with E-state index in [9.17, 15) is 0 Å². The highest BCUT2D eigenvalue weighted by Crippen LogP contribution is 2.01. The van der Waals surface area contributed by atoms with Crippen molar-refractivity contribution in [2.45, 2.75) is 0 Å². The fraction of sp³-hybridized carbons (Fsp3) is 0.364. The van der Waals surface area contributed by atoms with Crippen molar-refractivity contribution in [1.82, 2.24) is 10.6 Å². The van der Waals surface area contributed by atoms with Crippen molar-refractivity contribution in [3.05, 3.63) is 35.9 Å². The van der Waals surface area contributed by atoms with E-state index in [2.05, 4.69) is 39.5 Å². The van der Waals surface area contributed by atoms with E-state index >= 15 is 0 Å². The third-order valence-corrected chi connectivity index (χ3v) is 2.48. The van der Waals surface area contributed by atoms with Crippen LogP contribution in [0.3, 0.4) is 0 Å². The summed E-state index contributed by atoms with van der Waals surface area (Å²) in [5.41, 5.74) is 6.65. The Bertz CT molecular complexity index is 345. The van der Waals surface area contributed by atoms with Crippen LogP contribution in [0.4, 0.5) is 0 Å². The minimum Gasteiger partial charge on any atom is -0.318 e. The van der Waals surface area contributed by atoms with E-state index in [1.54, 1.807) is 0 Å². The molecule has 2 rings (SSSR count). The lowest BCUT2D eigenvalue weighted by molar-refractivity contribution is -0.522. The van der Waals surface area contributed by atoms with Crippen molar-refractivity contribution in [3.63, 3.8) is 0 Å². The van der Waals surface area contributed by atoms with E-state index < -0.39 is 0 Å². The molecule has 0 saturated heterocycles. The van der Waals surface area contributed by atoms with Crippen LogP contribution in [0.15, 0.2) is 30.3 Å². The maximum atomic E-state index is 5.42. The van der Waals surface area contributed by atoms with Gasteiger partial charge in [0.05, 0.1) is 5.56 Å². The van der Waals surface area contributed by atoms with Crippen molar-refractivity contribution in [2.24, 2.45) is 5.73 Å². The predicted molar refractivity (Wildman–Crippen MR) is 60.7 cm³/mol. The van der Waals surface area contributed by atoms with Crippen LogP contribution < -0.4 is 16.4 Å². The lowest BCUT2D eigenvalue weighted by Crippen LogP contribution is -2.34. The second kappa shape index (κ2) is 4.91. The SMILES string of the molecule is NCNC[N+]1=C(c2ccccc2)NCC1. The van der Waals surface area contributed by atoms with Crippen LogP contribution in [0.1, 0.15) is 5.56 Å². The normalized spacial score (nSPS) is 15.5. The molecule has 1 aromatic rings. The standard InChI is InChI=1S/C11H16N4/c12-8-13-9-15-7-6-14-11(15)10-4-2-1-3-5-10/h1-5,13H,6-9,12H2/p+1. The average Bonchev–Trinajstić information content (AvgIpc) is 2.75. The number of nitrogens with one attached hydrogen (secondary N) is 2. The Morgan fingerprint density at radius 2 is 2.13 bits per heavy atom. The highest BCUT2D eigenvalue weighted by atomic mass is 15.2. The first-order valence-electron chi connectivity index (χ1n) is 5.24. The molecule has 0 fully saturated rings. The summed E-state index contributed by atoms with van der Waals surface area (Å²) in [6.45, 7) is 3.33. The summed E-state index contributed by atoms with van der Waals surface area (Å²) in [7, 11) is 0. The van der Waals surface area contributed by atoms with Crippen LogP contribution in [0.5, 0.6) is 0 Å². The molecule has 0 bridgehead atoms. The average molecular weight is 205 g/mol. The lowest BCUT2D eigenvalue weighted by Gasteiger charge is -2.04. The summed E-state index contributed by atoms with van der Waals surface area (Å²) in [5, 5.41) is 6.53. The fourth-order valence-corrected chi connectivity index (χ4v) is 1.77. The summed E-state index contributed by atoms with van der Waals surface area (Å²) in [5.74, 6) is 1.19. The molecule has 4 heteroatoms. The monoisotopic (exact) mass is 205 g/mol. The molecule has 0 aliphatic carbocycles. The molecule has 4 nitrogen and oxygen atoms in total. The highest BCUT2D eigenvalue weighted by molar-refractivity contribution is 5.95. The first-order valence-corrected chi connectivity index (χ1v) is 5.24. The Hall–Kier alpha value is -1.39. The van der Waals surface area contributed by atoms with Gasteiger partial charge < -0.3 is 5.73 Å². The quantitative estimate of drug-likeness (QED) is 0.459. The van der Waals surface area contributed by atoms with Crippen LogP contribution in [0.25, 0.3) is 0 Å². The largest absolute Gasteiger partial charge is 0.318 e. The number of hydrogen-bond donors (Lipinski definition) is 3. The fourth-order valence-electron chi connectivity index (χ4n) is 1.77. The van der Waals surface area contributed by atoms with E-state index in [1.165, 1.54) is 11.4 Å². The van der Waals surface area contributed by atoms with Gasteiger partial charge in [-0.05, 0) is 12.1 Å². The van der Waals surface area contributed by atoms with Gasteiger partial charge in [0.1, 0.15) is 19.8 Å². The van der Waals surface area contributed by atoms with Crippen molar-refractivity contribution >= 4 is 5.84 Å². The second-order valence-corrected chi connectivity index (χ2v) is 3.52. The Morgan fingerprint density at radius 1 is 1.33 bits per heavy atom. The topological polar surface area (TPSA) is 53.1 Å². The highest BCUT2D eigenvalue weighted by Gasteiger charge is 2.21. The van der Waals surface area contributed by atoms with E-state index in [-0.39, 0.29) is 0 Å². The predicted octanol–water partition coefficient (Wildman–Crippen LogP) is -0.488. The van der Waals surface area contributed by atoms with Gasteiger partial charge in [-0.25, -0.2) is 4.58 Å². The summed E-state index contributed by atoms with van der Waals surface area (Å²) in [6.07, 6.45) is 0. The summed E-state index contributed by atoms with van der Waals surface area (Å²) >= 11 is 0. The molecule has 0 radical (unpaired) electrons. The second-order valence-electron chi connectivity index (χ2n) is 3.52. The van der Waals surface area contributed by atoms with Crippen LogP contribution in [-0.4, -0.2) is 36.8 Å². The number of rotatable bonds is 4. The minimum absolute atomic E-state index is 0.512. The maximum Gasteiger partial charge on any atom is 0.278 e. The molecule has 0 atom stereocenters. The molecule has 0 unspecified atom stereocenters. The summed E-state index contributed by atoms with van der Waals surface area (Å²) in [4.78, 5) is 0.